The minimum absolute atomic E-state index is 0.210. The van der Waals surface area contributed by atoms with Gasteiger partial charge in [0.25, 0.3) is 11.8 Å². The molecule has 0 aliphatic rings. The Morgan fingerprint density at radius 2 is 1.79 bits per heavy atom. The van der Waals surface area contributed by atoms with Gasteiger partial charge in [-0.2, -0.15) is 0 Å². The van der Waals surface area contributed by atoms with Crippen molar-refractivity contribution in [3.05, 3.63) is 62.6 Å². The highest BCUT2D eigenvalue weighted by Gasteiger charge is 2.12. The molecule has 0 heterocycles. The zero-order valence-electron chi connectivity index (χ0n) is 13.2. The Hall–Kier alpha value is -2.05. The maximum Gasteiger partial charge on any atom is 0.276 e. The van der Waals surface area contributed by atoms with Crippen LogP contribution in [0.15, 0.2) is 40.9 Å². The third-order valence-corrected chi connectivity index (χ3v) is 4.07. The Balaban J connectivity index is 1.89. The van der Waals surface area contributed by atoms with Gasteiger partial charge in [0.2, 0.25) is 0 Å². The first kappa shape index (κ1) is 18.3. The van der Waals surface area contributed by atoms with Crippen LogP contribution < -0.4 is 15.6 Å². The number of carbonyl (C=O) groups excluding carboxylic acids is 2. The van der Waals surface area contributed by atoms with Crippen molar-refractivity contribution in [2.75, 3.05) is 6.61 Å². The number of carbonyl (C=O) groups is 2. The molecule has 0 saturated heterocycles. The van der Waals surface area contributed by atoms with Crippen molar-refractivity contribution in [2.45, 2.75) is 13.8 Å². The van der Waals surface area contributed by atoms with Gasteiger partial charge >= 0.3 is 0 Å². The largest absolute Gasteiger partial charge is 0.483 e. The van der Waals surface area contributed by atoms with Gasteiger partial charge in [0.05, 0.1) is 10.6 Å². The van der Waals surface area contributed by atoms with Gasteiger partial charge in [-0.05, 0) is 43.2 Å². The van der Waals surface area contributed by atoms with Crippen LogP contribution in [0.2, 0.25) is 5.02 Å². The number of rotatable bonds is 4. The zero-order chi connectivity index (χ0) is 17.7. The van der Waals surface area contributed by atoms with E-state index in [0.717, 1.165) is 11.1 Å². The fourth-order valence-electron chi connectivity index (χ4n) is 2.07. The van der Waals surface area contributed by atoms with Crippen molar-refractivity contribution in [1.29, 1.82) is 0 Å². The Bertz CT molecular complexity index is 760. The summed E-state index contributed by atoms with van der Waals surface area (Å²) >= 11 is 9.23. The summed E-state index contributed by atoms with van der Waals surface area (Å²) in [5, 5.41) is 0.289. The Labute approximate surface area is 153 Å². The molecular weight excluding hydrogens is 396 g/mol. The van der Waals surface area contributed by atoms with Crippen molar-refractivity contribution >= 4 is 39.3 Å². The molecule has 0 saturated carbocycles. The van der Waals surface area contributed by atoms with Crippen LogP contribution in [0.5, 0.6) is 5.75 Å². The first-order valence-corrected chi connectivity index (χ1v) is 8.29. The Morgan fingerprint density at radius 1 is 1.12 bits per heavy atom. The molecule has 0 aliphatic carbocycles. The van der Waals surface area contributed by atoms with E-state index >= 15 is 0 Å². The van der Waals surface area contributed by atoms with Gasteiger partial charge in [-0.15, -0.1) is 0 Å². The van der Waals surface area contributed by atoms with Crippen LogP contribution in [0.4, 0.5) is 0 Å². The smallest absolute Gasteiger partial charge is 0.276 e. The molecule has 7 heteroatoms. The van der Waals surface area contributed by atoms with E-state index in [0.29, 0.717) is 10.2 Å². The highest BCUT2D eigenvalue weighted by Crippen LogP contribution is 2.22. The number of ether oxygens (including phenoxy) is 1. The normalized spacial score (nSPS) is 10.2. The summed E-state index contributed by atoms with van der Waals surface area (Å²) in [5.74, 6) is -0.326. The van der Waals surface area contributed by atoms with Gasteiger partial charge in [-0.1, -0.05) is 45.7 Å². The first-order valence-electron chi connectivity index (χ1n) is 7.11. The van der Waals surface area contributed by atoms with E-state index in [1.165, 1.54) is 0 Å². The molecule has 2 aromatic rings. The second-order valence-electron chi connectivity index (χ2n) is 5.14. The monoisotopic (exact) mass is 410 g/mol. The summed E-state index contributed by atoms with van der Waals surface area (Å²) in [6, 6.07) is 10.6. The van der Waals surface area contributed by atoms with Gasteiger partial charge in [-0.3, -0.25) is 20.4 Å². The van der Waals surface area contributed by atoms with Crippen LogP contribution in [-0.4, -0.2) is 18.4 Å². The van der Waals surface area contributed by atoms with Crippen molar-refractivity contribution < 1.29 is 14.3 Å². The van der Waals surface area contributed by atoms with Crippen LogP contribution in [0.3, 0.4) is 0 Å². The van der Waals surface area contributed by atoms with Gasteiger partial charge in [0.1, 0.15) is 5.75 Å². The number of halogens is 2. The molecule has 0 aromatic heterocycles. The van der Waals surface area contributed by atoms with Crippen LogP contribution >= 0.6 is 27.5 Å². The lowest BCUT2D eigenvalue weighted by molar-refractivity contribution is -0.123. The summed E-state index contributed by atoms with van der Waals surface area (Å²) in [6.07, 6.45) is 0. The third kappa shape index (κ3) is 4.72. The van der Waals surface area contributed by atoms with Gasteiger partial charge in [-0.25, -0.2) is 0 Å². The van der Waals surface area contributed by atoms with Crippen LogP contribution in [0.25, 0.3) is 0 Å². The number of aryl methyl sites for hydroxylation is 2. The van der Waals surface area contributed by atoms with E-state index in [9.17, 15) is 9.59 Å². The molecule has 0 bridgehead atoms. The Morgan fingerprint density at radius 3 is 2.46 bits per heavy atom. The number of hydrogen-bond donors (Lipinski definition) is 2. The van der Waals surface area contributed by atoms with E-state index in [2.05, 4.69) is 26.8 Å². The minimum atomic E-state index is -0.512. The predicted molar refractivity (Wildman–Crippen MR) is 96.2 cm³/mol. The fraction of sp³-hybridized carbons (Fsp3) is 0.176. The van der Waals surface area contributed by atoms with Crippen molar-refractivity contribution in [1.82, 2.24) is 10.9 Å². The lowest BCUT2D eigenvalue weighted by atomic mass is 10.1. The zero-order valence-corrected chi connectivity index (χ0v) is 15.5. The minimum Gasteiger partial charge on any atom is -0.483 e. The molecule has 0 atom stereocenters. The van der Waals surface area contributed by atoms with Crippen LogP contribution in [0, 0.1) is 13.8 Å². The van der Waals surface area contributed by atoms with E-state index < -0.39 is 11.8 Å². The lowest BCUT2D eigenvalue weighted by Crippen LogP contribution is -2.44. The van der Waals surface area contributed by atoms with E-state index in [-0.39, 0.29) is 17.2 Å². The lowest BCUT2D eigenvalue weighted by Gasteiger charge is -2.12. The predicted octanol–water partition coefficient (Wildman–Crippen LogP) is 3.56. The molecule has 24 heavy (non-hydrogen) atoms. The van der Waals surface area contributed by atoms with Crippen molar-refractivity contribution in [3.63, 3.8) is 0 Å². The second kappa shape index (κ2) is 8.17. The SMILES string of the molecule is Cc1cccc(C)c1OCC(=O)NNC(=O)c1cc(Br)ccc1Cl. The van der Waals surface area contributed by atoms with Crippen molar-refractivity contribution in [2.24, 2.45) is 0 Å². The number of amides is 2. The molecule has 2 N–H and O–H groups in total. The molecule has 0 unspecified atom stereocenters. The van der Waals surface area contributed by atoms with Crippen LogP contribution in [0.1, 0.15) is 21.5 Å². The van der Waals surface area contributed by atoms with Gasteiger partial charge in [0.15, 0.2) is 6.61 Å². The third-order valence-electron chi connectivity index (χ3n) is 3.24. The summed E-state index contributed by atoms with van der Waals surface area (Å²) in [6.45, 7) is 3.59. The first-order chi connectivity index (χ1) is 11.4. The Kier molecular flexibility index (Phi) is 6.23. The van der Waals surface area contributed by atoms with E-state index in [1.807, 2.05) is 32.0 Å². The topological polar surface area (TPSA) is 67.4 Å². The summed E-state index contributed by atoms with van der Waals surface area (Å²) in [7, 11) is 0. The number of hydrazine groups is 1. The summed E-state index contributed by atoms with van der Waals surface area (Å²) in [5.41, 5.74) is 6.74. The molecule has 0 fully saturated rings. The average Bonchev–Trinajstić information content (AvgIpc) is 2.54. The average molecular weight is 412 g/mol. The molecular formula is C17H16BrClN2O3. The highest BCUT2D eigenvalue weighted by atomic mass is 79.9. The molecule has 0 spiro atoms. The maximum absolute atomic E-state index is 12.0. The molecule has 5 nitrogen and oxygen atoms in total. The molecule has 0 radical (unpaired) electrons. The molecule has 2 aromatic carbocycles. The quantitative estimate of drug-likeness (QED) is 0.756. The number of para-hydroxylation sites is 1. The maximum atomic E-state index is 12.0. The van der Waals surface area contributed by atoms with E-state index in [1.54, 1.807) is 18.2 Å². The number of benzene rings is 2. The molecule has 126 valence electrons. The van der Waals surface area contributed by atoms with Gasteiger partial charge in [0, 0.05) is 4.47 Å². The second-order valence-corrected chi connectivity index (χ2v) is 6.46. The van der Waals surface area contributed by atoms with Crippen LogP contribution in [-0.2, 0) is 4.79 Å². The molecule has 0 aliphatic heterocycles. The molecule has 2 amide bonds. The molecule has 2 rings (SSSR count). The van der Waals surface area contributed by atoms with E-state index in [4.69, 9.17) is 16.3 Å². The summed E-state index contributed by atoms with van der Waals surface area (Å²) in [4.78, 5) is 23.9. The summed E-state index contributed by atoms with van der Waals surface area (Å²) < 4.78 is 6.22. The number of nitrogens with one attached hydrogen (secondary N) is 2. The number of hydrogen-bond acceptors (Lipinski definition) is 3. The van der Waals surface area contributed by atoms with Crippen molar-refractivity contribution in [3.8, 4) is 5.75 Å². The fourth-order valence-corrected chi connectivity index (χ4v) is 2.63. The van der Waals surface area contributed by atoms with Gasteiger partial charge < -0.3 is 4.74 Å². The highest BCUT2D eigenvalue weighted by molar-refractivity contribution is 9.10. The standard InChI is InChI=1S/C17H16BrClN2O3/c1-10-4-3-5-11(2)16(10)24-9-15(22)20-21-17(23)13-8-12(18)6-7-14(13)19/h3-8H,9H2,1-2H3,(H,20,22)(H,21,23).